The largest absolute Gasteiger partial charge is 0.507 e. The number of phenols is 1. The Morgan fingerprint density at radius 3 is 2.60 bits per heavy atom. The molecule has 0 saturated heterocycles. The van der Waals surface area contributed by atoms with E-state index in [-0.39, 0.29) is 17.3 Å². The average molecular weight is 480 g/mol. The highest BCUT2D eigenvalue weighted by Gasteiger charge is 2.16. The average Bonchev–Trinajstić information content (AvgIpc) is 3.49. The Morgan fingerprint density at radius 2 is 1.77 bits per heavy atom. The number of carbonyl (C=O) groups is 1. The van der Waals surface area contributed by atoms with Gasteiger partial charge in [-0.25, -0.2) is 9.97 Å². The summed E-state index contributed by atoms with van der Waals surface area (Å²) in [6.07, 6.45) is 2.32. The second-order valence-corrected chi connectivity index (χ2v) is 8.74. The molecule has 3 aromatic heterocycles. The van der Waals surface area contributed by atoms with E-state index in [1.807, 2.05) is 42.5 Å². The highest BCUT2D eigenvalue weighted by Crippen LogP contribution is 2.31. The van der Waals surface area contributed by atoms with Crippen LogP contribution in [0, 0.1) is 0 Å². The van der Waals surface area contributed by atoms with E-state index in [1.165, 1.54) is 0 Å². The van der Waals surface area contributed by atoms with Crippen molar-refractivity contribution in [1.29, 1.82) is 0 Å². The number of furan rings is 1. The van der Waals surface area contributed by atoms with Crippen LogP contribution >= 0.6 is 11.6 Å². The van der Waals surface area contributed by atoms with Crippen molar-refractivity contribution in [2.75, 3.05) is 0 Å². The van der Waals surface area contributed by atoms with E-state index in [0.717, 1.165) is 22.0 Å². The minimum atomic E-state index is -0.192. The Kier molecular flexibility index (Phi) is 5.08. The van der Waals surface area contributed by atoms with Crippen LogP contribution in [0.15, 0.2) is 89.5 Å². The zero-order chi connectivity index (χ0) is 23.9. The lowest BCUT2D eigenvalue weighted by Crippen LogP contribution is -1.98. The van der Waals surface area contributed by atoms with Crippen molar-refractivity contribution in [3.63, 3.8) is 0 Å². The first-order valence-corrected chi connectivity index (χ1v) is 11.4. The SMILES string of the molecule is O=C(c1ccc(Cl)cc1)c1cc2cc(Cc3ccc(O)c(-c4nc5ncccc5[nH]4)c3)ccc2o1. The molecule has 6 aromatic rings. The van der Waals surface area contributed by atoms with Crippen molar-refractivity contribution < 1.29 is 14.3 Å². The van der Waals surface area contributed by atoms with Gasteiger partial charge >= 0.3 is 0 Å². The van der Waals surface area contributed by atoms with Crippen molar-refractivity contribution in [2.24, 2.45) is 0 Å². The number of hydrogen-bond acceptors (Lipinski definition) is 5. The molecule has 6 nitrogen and oxygen atoms in total. The fraction of sp³-hybridized carbons (Fsp3) is 0.0357. The van der Waals surface area contributed by atoms with E-state index in [0.29, 0.717) is 39.6 Å². The molecule has 0 aliphatic heterocycles. The molecule has 0 aliphatic rings. The Labute approximate surface area is 204 Å². The molecule has 0 amide bonds. The van der Waals surface area contributed by atoms with Crippen molar-refractivity contribution in [3.8, 4) is 17.1 Å². The lowest BCUT2D eigenvalue weighted by atomic mass is 10.0. The third-order valence-electron chi connectivity index (χ3n) is 5.89. The molecule has 0 spiro atoms. The number of fused-ring (bicyclic) bond motifs is 2. The molecule has 170 valence electrons. The van der Waals surface area contributed by atoms with Crippen LogP contribution in [0.25, 0.3) is 33.5 Å². The van der Waals surface area contributed by atoms with Crippen LogP contribution < -0.4 is 0 Å². The highest BCUT2D eigenvalue weighted by atomic mass is 35.5. The van der Waals surface area contributed by atoms with Gasteiger partial charge in [0.15, 0.2) is 11.4 Å². The zero-order valence-corrected chi connectivity index (χ0v) is 19.1. The van der Waals surface area contributed by atoms with Crippen LogP contribution in [-0.2, 0) is 6.42 Å². The highest BCUT2D eigenvalue weighted by molar-refractivity contribution is 6.30. The summed E-state index contributed by atoms with van der Waals surface area (Å²) in [7, 11) is 0. The number of phenolic OH excluding ortho intramolecular Hbond substituents is 1. The number of imidazole rings is 1. The molecule has 0 atom stereocenters. The second-order valence-electron chi connectivity index (χ2n) is 8.31. The third kappa shape index (κ3) is 4.05. The molecular formula is C28H18ClN3O3. The summed E-state index contributed by atoms with van der Waals surface area (Å²) < 4.78 is 5.81. The van der Waals surface area contributed by atoms with Gasteiger partial charge < -0.3 is 14.5 Å². The van der Waals surface area contributed by atoms with Crippen molar-refractivity contribution >= 4 is 39.5 Å². The number of halogens is 1. The Morgan fingerprint density at radius 1 is 0.971 bits per heavy atom. The van der Waals surface area contributed by atoms with E-state index >= 15 is 0 Å². The van der Waals surface area contributed by atoms with Crippen molar-refractivity contribution in [2.45, 2.75) is 6.42 Å². The van der Waals surface area contributed by atoms with Crippen LogP contribution in [0.1, 0.15) is 27.2 Å². The molecule has 7 heteroatoms. The summed E-state index contributed by atoms with van der Waals surface area (Å²) in [6.45, 7) is 0. The minimum Gasteiger partial charge on any atom is -0.507 e. The molecule has 2 N–H and O–H groups in total. The van der Waals surface area contributed by atoms with Gasteiger partial charge in [0.1, 0.15) is 17.2 Å². The maximum atomic E-state index is 12.8. The van der Waals surface area contributed by atoms with Gasteiger partial charge in [0.2, 0.25) is 5.78 Å². The molecule has 0 aliphatic carbocycles. The van der Waals surface area contributed by atoms with Crippen LogP contribution in [0.3, 0.4) is 0 Å². The number of hydrogen-bond donors (Lipinski definition) is 2. The Balaban J connectivity index is 1.29. The van der Waals surface area contributed by atoms with E-state index in [4.69, 9.17) is 16.0 Å². The fourth-order valence-corrected chi connectivity index (χ4v) is 4.28. The van der Waals surface area contributed by atoms with Crippen molar-refractivity contribution in [3.05, 3.63) is 113 Å². The molecular weight excluding hydrogens is 462 g/mol. The molecule has 6 rings (SSSR count). The molecule has 0 unspecified atom stereocenters. The van der Waals surface area contributed by atoms with E-state index in [2.05, 4.69) is 15.0 Å². The number of carbonyl (C=O) groups excluding carboxylic acids is 1. The number of ketones is 1. The summed E-state index contributed by atoms with van der Waals surface area (Å²) in [6, 6.07) is 23.6. The van der Waals surface area contributed by atoms with Gasteiger partial charge in [0.25, 0.3) is 0 Å². The summed E-state index contributed by atoms with van der Waals surface area (Å²) in [5.41, 5.74) is 5.24. The Bertz CT molecular complexity index is 1680. The topological polar surface area (TPSA) is 92.0 Å². The zero-order valence-electron chi connectivity index (χ0n) is 18.3. The summed E-state index contributed by atoms with van der Waals surface area (Å²) in [5, 5.41) is 11.9. The van der Waals surface area contributed by atoms with Crippen LogP contribution in [0.2, 0.25) is 5.02 Å². The van der Waals surface area contributed by atoms with Crippen LogP contribution in [0.5, 0.6) is 5.75 Å². The fourth-order valence-electron chi connectivity index (χ4n) is 4.15. The standard InChI is InChI=1S/C28H18ClN3O3/c29-20-7-5-18(6-8-20)26(34)25-15-19-13-16(4-10-24(19)35-25)12-17-3-9-23(33)21(14-17)27-31-22-2-1-11-30-28(22)32-27/h1-11,13-15,33H,12H2,(H,30,31,32). The predicted molar refractivity (Wildman–Crippen MR) is 135 cm³/mol. The normalized spacial score (nSPS) is 11.3. The number of nitrogens with one attached hydrogen (secondary N) is 1. The van der Waals surface area contributed by atoms with Gasteiger partial charge in [-0.05, 0) is 84.3 Å². The summed E-state index contributed by atoms with van der Waals surface area (Å²) >= 11 is 5.93. The second kappa shape index (κ2) is 8.42. The number of H-pyrrole nitrogens is 1. The van der Waals surface area contributed by atoms with Crippen molar-refractivity contribution in [1.82, 2.24) is 15.0 Å². The quantitative estimate of drug-likeness (QED) is 0.273. The number of nitrogens with zero attached hydrogens (tertiary/aromatic N) is 2. The van der Waals surface area contributed by atoms with Gasteiger partial charge in [-0.1, -0.05) is 23.7 Å². The number of benzene rings is 3. The van der Waals surface area contributed by atoms with Gasteiger partial charge in [-0.3, -0.25) is 4.79 Å². The van der Waals surface area contributed by atoms with Crippen LogP contribution in [0.4, 0.5) is 0 Å². The monoisotopic (exact) mass is 479 g/mol. The number of aromatic hydroxyl groups is 1. The lowest BCUT2D eigenvalue weighted by molar-refractivity contribution is 0.101. The molecule has 0 bridgehead atoms. The van der Waals surface area contributed by atoms with Gasteiger partial charge in [-0.15, -0.1) is 0 Å². The number of pyridine rings is 1. The van der Waals surface area contributed by atoms with Gasteiger partial charge in [0.05, 0.1) is 11.1 Å². The molecule has 3 aromatic carbocycles. The maximum absolute atomic E-state index is 12.8. The van der Waals surface area contributed by atoms with Gasteiger partial charge in [0, 0.05) is 22.2 Å². The minimum absolute atomic E-state index is 0.142. The van der Waals surface area contributed by atoms with Crippen LogP contribution in [-0.4, -0.2) is 25.8 Å². The first kappa shape index (κ1) is 21.1. The first-order chi connectivity index (χ1) is 17.0. The number of aromatic nitrogens is 3. The first-order valence-electron chi connectivity index (χ1n) is 11.0. The molecule has 0 fully saturated rings. The number of rotatable bonds is 5. The molecule has 35 heavy (non-hydrogen) atoms. The Hall–Kier alpha value is -4.42. The number of aromatic amines is 1. The molecule has 3 heterocycles. The van der Waals surface area contributed by atoms with E-state index < -0.39 is 0 Å². The lowest BCUT2D eigenvalue weighted by Gasteiger charge is -2.06. The van der Waals surface area contributed by atoms with E-state index in [1.54, 1.807) is 42.6 Å². The summed E-state index contributed by atoms with van der Waals surface area (Å²) in [4.78, 5) is 24.8. The molecule has 0 radical (unpaired) electrons. The molecule has 0 saturated carbocycles. The third-order valence-corrected chi connectivity index (χ3v) is 6.14. The predicted octanol–water partition coefficient (Wildman–Crippen LogP) is 6.55. The maximum Gasteiger partial charge on any atom is 0.228 e. The summed E-state index contributed by atoms with van der Waals surface area (Å²) in [5.74, 6) is 0.796. The van der Waals surface area contributed by atoms with E-state index in [9.17, 15) is 9.90 Å². The smallest absolute Gasteiger partial charge is 0.228 e. The van der Waals surface area contributed by atoms with Gasteiger partial charge in [-0.2, -0.15) is 0 Å².